The average molecular weight is 263 g/mol. The van der Waals surface area contributed by atoms with Gasteiger partial charge in [0.2, 0.25) is 0 Å². The van der Waals surface area contributed by atoms with Gasteiger partial charge in [0.25, 0.3) is 0 Å². The highest BCUT2D eigenvalue weighted by molar-refractivity contribution is 5.71. The topological polar surface area (TPSA) is 61.6 Å². The number of esters is 1. The molecule has 0 aromatic heterocycles. The summed E-state index contributed by atoms with van der Waals surface area (Å²) in [7, 11) is 0. The minimum atomic E-state index is -0.336. The Bertz CT molecular complexity index is 399. The zero-order valence-electron chi connectivity index (χ0n) is 11.1. The number of benzene rings is 1. The Hall–Kier alpha value is -1.55. The Morgan fingerprint density at radius 3 is 2.53 bits per heavy atom. The van der Waals surface area contributed by atoms with E-state index < -0.39 is 0 Å². The van der Waals surface area contributed by atoms with Crippen molar-refractivity contribution in [2.45, 2.75) is 37.6 Å². The van der Waals surface area contributed by atoms with E-state index in [1.807, 2.05) is 30.3 Å². The molecular weight excluding hydrogens is 242 g/mol. The van der Waals surface area contributed by atoms with E-state index in [1.54, 1.807) is 0 Å². The summed E-state index contributed by atoms with van der Waals surface area (Å²) in [4.78, 5) is 11.7. The van der Waals surface area contributed by atoms with Crippen molar-refractivity contribution in [3.63, 3.8) is 0 Å². The molecule has 0 bridgehead atoms. The van der Waals surface area contributed by atoms with Gasteiger partial charge in [-0.05, 0) is 25.0 Å². The van der Waals surface area contributed by atoms with E-state index in [1.165, 1.54) is 0 Å². The number of hydrogen-bond acceptors (Lipinski definition) is 4. The van der Waals surface area contributed by atoms with Gasteiger partial charge in [-0.3, -0.25) is 4.79 Å². The van der Waals surface area contributed by atoms with Crippen LogP contribution in [0, 0.1) is 0 Å². The molecular formula is C15H21NO3. The SMILES string of the molecule is NC1(CC(=O)OCCOc2ccccc2)CCCC1. The smallest absolute Gasteiger partial charge is 0.307 e. The Morgan fingerprint density at radius 1 is 1.16 bits per heavy atom. The molecule has 4 heteroatoms. The zero-order chi connectivity index (χ0) is 13.6. The van der Waals surface area contributed by atoms with Crippen LogP contribution in [0.5, 0.6) is 5.75 Å². The summed E-state index contributed by atoms with van der Waals surface area (Å²) >= 11 is 0. The van der Waals surface area contributed by atoms with Crippen LogP contribution >= 0.6 is 0 Å². The summed E-state index contributed by atoms with van der Waals surface area (Å²) in [5, 5.41) is 0. The highest BCUT2D eigenvalue weighted by Crippen LogP contribution is 2.30. The van der Waals surface area contributed by atoms with E-state index in [-0.39, 0.29) is 18.1 Å². The number of nitrogens with two attached hydrogens (primary N) is 1. The van der Waals surface area contributed by atoms with Gasteiger partial charge in [0, 0.05) is 5.54 Å². The van der Waals surface area contributed by atoms with Crippen molar-refractivity contribution in [2.24, 2.45) is 5.73 Å². The first-order chi connectivity index (χ1) is 9.18. The Balaban J connectivity index is 1.61. The molecule has 2 rings (SSSR count). The van der Waals surface area contributed by atoms with Gasteiger partial charge in [0.1, 0.15) is 19.0 Å². The first kappa shape index (κ1) is 13.9. The van der Waals surface area contributed by atoms with E-state index >= 15 is 0 Å². The van der Waals surface area contributed by atoms with Gasteiger partial charge in [-0.1, -0.05) is 31.0 Å². The van der Waals surface area contributed by atoms with Crippen LogP contribution in [0.25, 0.3) is 0 Å². The van der Waals surface area contributed by atoms with Gasteiger partial charge >= 0.3 is 5.97 Å². The van der Waals surface area contributed by atoms with Crippen LogP contribution in [0.15, 0.2) is 30.3 Å². The molecule has 0 radical (unpaired) electrons. The summed E-state index contributed by atoms with van der Waals surface area (Å²) in [5.74, 6) is 0.561. The minimum absolute atomic E-state index is 0.221. The normalized spacial score (nSPS) is 17.1. The van der Waals surface area contributed by atoms with Crippen LogP contribution in [-0.2, 0) is 9.53 Å². The van der Waals surface area contributed by atoms with Crippen molar-refractivity contribution < 1.29 is 14.3 Å². The van der Waals surface area contributed by atoms with Gasteiger partial charge in [-0.15, -0.1) is 0 Å². The van der Waals surface area contributed by atoms with Gasteiger partial charge in [0.15, 0.2) is 0 Å². The van der Waals surface area contributed by atoms with E-state index in [4.69, 9.17) is 15.2 Å². The standard InChI is InChI=1S/C15H21NO3/c16-15(8-4-5-9-15)12-14(17)19-11-10-18-13-6-2-1-3-7-13/h1-3,6-7H,4-5,8-12,16H2. The third-order valence-electron chi connectivity index (χ3n) is 3.45. The largest absolute Gasteiger partial charge is 0.490 e. The van der Waals surface area contributed by atoms with Crippen LogP contribution in [0.4, 0.5) is 0 Å². The lowest BCUT2D eigenvalue weighted by atomic mass is 9.95. The van der Waals surface area contributed by atoms with E-state index in [2.05, 4.69) is 0 Å². The predicted molar refractivity (Wildman–Crippen MR) is 72.9 cm³/mol. The van der Waals surface area contributed by atoms with Gasteiger partial charge in [-0.2, -0.15) is 0 Å². The highest BCUT2D eigenvalue weighted by atomic mass is 16.6. The summed E-state index contributed by atoms with van der Waals surface area (Å²) in [6, 6.07) is 9.47. The highest BCUT2D eigenvalue weighted by Gasteiger charge is 2.32. The molecule has 0 spiro atoms. The molecule has 0 unspecified atom stereocenters. The fourth-order valence-electron chi connectivity index (χ4n) is 2.43. The molecule has 19 heavy (non-hydrogen) atoms. The second-order valence-corrected chi connectivity index (χ2v) is 5.13. The second kappa shape index (κ2) is 6.57. The average Bonchev–Trinajstić information content (AvgIpc) is 2.82. The van der Waals surface area contributed by atoms with Crippen LogP contribution in [-0.4, -0.2) is 24.7 Å². The molecule has 1 aliphatic rings. The first-order valence-electron chi connectivity index (χ1n) is 6.80. The third kappa shape index (κ3) is 4.56. The van der Waals surface area contributed by atoms with Crippen LogP contribution in [0.1, 0.15) is 32.1 Å². The summed E-state index contributed by atoms with van der Waals surface area (Å²) < 4.78 is 10.6. The maximum absolute atomic E-state index is 11.7. The lowest BCUT2D eigenvalue weighted by Crippen LogP contribution is -2.39. The molecule has 0 atom stereocenters. The Morgan fingerprint density at radius 2 is 1.84 bits per heavy atom. The molecule has 0 amide bonds. The molecule has 104 valence electrons. The number of ether oxygens (including phenoxy) is 2. The van der Waals surface area contributed by atoms with Crippen molar-refractivity contribution in [3.05, 3.63) is 30.3 Å². The molecule has 1 fully saturated rings. The maximum atomic E-state index is 11.7. The molecule has 0 aliphatic heterocycles. The summed E-state index contributed by atoms with van der Waals surface area (Å²) in [5.41, 5.74) is 5.79. The lowest BCUT2D eigenvalue weighted by Gasteiger charge is -2.21. The summed E-state index contributed by atoms with van der Waals surface area (Å²) in [6.07, 6.45) is 4.38. The second-order valence-electron chi connectivity index (χ2n) is 5.13. The molecule has 1 aromatic carbocycles. The van der Waals surface area contributed by atoms with E-state index in [0.717, 1.165) is 31.4 Å². The van der Waals surface area contributed by atoms with Gasteiger partial charge in [-0.25, -0.2) is 0 Å². The van der Waals surface area contributed by atoms with Crippen LogP contribution in [0.3, 0.4) is 0 Å². The van der Waals surface area contributed by atoms with Crippen molar-refractivity contribution in [1.82, 2.24) is 0 Å². The number of carbonyl (C=O) groups excluding carboxylic acids is 1. The third-order valence-corrected chi connectivity index (χ3v) is 3.45. The molecule has 0 heterocycles. The molecule has 2 N–H and O–H groups in total. The lowest BCUT2D eigenvalue weighted by molar-refractivity contribution is -0.145. The fraction of sp³-hybridized carbons (Fsp3) is 0.533. The zero-order valence-corrected chi connectivity index (χ0v) is 11.1. The monoisotopic (exact) mass is 263 g/mol. The minimum Gasteiger partial charge on any atom is -0.490 e. The number of carbonyl (C=O) groups is 1. The van der Waals surface area contributed by atoms with Gasteiger partial charge < -0.3 is 15.2 Å². The van der Waals surface area contributed by atoms with Crippen molar-refractivity contribution >= 4 is 5.97 Å². The van der Waals surface area contributed by atoms with Crippen LogP contribution < -0.4 is 10.5 Å². The Kier molecular flexibility index (Phi) is 4.80. The van der Waals surface area contributed by atoms with Gasteiger partial charge in [0.05, 0.1) is 6.42 Å². The number of hydrogen-bond donors (Lipinski definition) is 1. The van der Waals surface area contributed by atoms with Crippen molar-refractivity contribution in [3.8, 4) is 5.75 Å². The molecule has 4 nitrogen and oxygen atoms in total. The van der Waals surface area contributed by atoms with E-state index in [0.29, 0.717) is 13.0 Å². The van der Waals surface area contributed by atoms with E-state index in [9.17, 15) is 4.79 Å². The quantitative estimate of drug-likeness (QED) is 0.631. The van der Waals surface area contributed by atoms with Crippen molar-refractivity contribution in [1.29, 1.82) is 0 Å². The maximum Gasteiger partial charge on any atom is 0.307 e. The van der Waals surface area contributed by atoms with Crippen LogP contribution in [0.2, 0.25) is 0 Å². The number of para-hydroxylation sites is 1. The first-order valence-corrected chi connectivity index (χ1v) is 6.80. The molecule has 1 aliphatic carbocycles. The molecule has 0 saturated heterocycles. The molecule has 1 saturated carbocycles. The number of rotatable bonds is 6. The molecule has 1 aromatic rings. The fourth-order valence-corrected chi connectivity index (χ4v) is 2.43. The predicted octanol–water partition coefficient (Wildman–Crippen LogP) is 2.27. The summed E-state index contributed by atoms with van der Waals surface area (Å²) in [6.45, 7) is 0.636. The van der Waals surface area contributed by atoms with Crippen molar-refractivity contribution in [2.75, 3.05) is 13.2 Å². The Labute approximate surface area is 113 Å².